The van der Waals surface area contributed by atoms with Crippen molar-refractivity contribution in [2.24, 2.45) is 7.05 Å². The molecule has 1 amide bonds. The molecule has 0 radical (unpaired) electrons. The van der Waals surface area contributed by atoms with Gasteiger partial charge in [0.1, 0.15) is 5.75 Å². The van der Waals surface area contributed by atoms with Crippen LogP contribution in [0.2, 0.25) is 0 Å². The predicted molar refractivity (Wildman–Crippen MR) is 113 cm³/mol. The molecule has 4 rings (SSSR count). The first kappa shape index (κ1) is 18.8. The molecule has 146 valence electrons. The van der Waals surface area contributed by atoms with E-state index < -0.39 is 0 Å². The fourth-order valence-corrected chi connectivity index (χ4v) is 3.86. The van der Waals surface area contributed by atoms with Crippen LogP contribution in [0.5, 0.6) is 5.75 Å². The molecule has 8 heteroatoms. The maximum Gasteiger partial charge on any atom is 0.274 e. The highest BCUT2D eigenvalue weighted by Crippen LogP contribution is 2.31. The molecular formula is C21H18N4O3S. The summed E-state index contributed by atoms with van der Waals surface area (Å²) in [6.45, 7) is 0. The van der Waals surface area contributed by atoms with Gasteiger partial charge in [-0.2, -0.15) is 5.10 Å². The summed E-state index contributed by atoms with van der Waals surface area (Å²) in [7, 11) is 3.19. The number of hydrogen-bond acceptors (Lipinski definition) is 6. The molecule has 1 N–H and O–H groups in total. The van der Waals surface area contributed by atoms with Crippen LogP contribution in [0.3, 0.4) is 0 Å². The van der Waals surface area contributed by atoms with E-state index in [1.165, 1.54) is 16.0 Å². The van der Waals surface area contributed by atoms with Crippen LogP contribution < -0.4 is 15.6 Å². The highest BCUT2D eigenvalue weighted by molar-refractivity contribution is 7.14. The number of amides is 1. The van der Waals surface area contributed by atoms with Gasteiger partial charge in [-0.15, -0.1) is 11.3 Å². The normalized spacial score (nSPS) is 10.8. The summed E-state index contributed by atoms with van der Waals surface area (Å²) < 4.78 is 6.63. The van der Waals surface area contributed by atoms with Crippen molar-refractivity contribution in [3.63, 3.8) is 0 Å². The van der Waals surface area contributed by atoms with Crippen molar-refractivity contribution in [3.05, 3.63) is 70.0 Å². The van der Waals surface area contributed by atoms with Gasteiger partial charge in [-0.05, 0) is 18.2 Å². The molecule has 0 unspecified atom stereocenters. The van der Waals surface area contributed by atoms with Gasteiger partial charge in [-0.3, -0.25) is 9.59 Å². The van der Waals surface area contributed by atoms with E-state index in [1.54, 1.807) is 32.4 Å². The molecule has 7 nitrogen and oxygen atoms in total. The van der Waals surface area contributed by atoms with Crippen LogP contribution in [-0.4, -0.2) is 27.8 Å². The number of thiazole rings is 1. The Bertz CT molecular complexity index is 1260. The molecule has 0 bridgehead atoms. The van der Waals surface area contributed by atoms with E-state index in [2.05, 4.69) is 15.4 Å². The topological polar surface area (TPSA) is 86.1 Å². The molecule has 4 aromatic rings. The van der Waals surface area contributed by atoms with Crippen LogP contribution in [-0.2, 0) is 18.3 Å². The quantitative estimate of drug-likeness (QED) is 0.550. The van der Waals surface area contributed by atoms with Gasteiger partial charge in [0.05, 0.1) is 30.3 Å². The Balaban J connectivity index is 1.56. The SMILES string of the molecule is COc1ccccc1-c1csc(NC(=O)Cc2nn(C)c(=O)c3ccccc23)n1. The van der Waals surface area contributed by atoms with Gasteiger partial charge in [0.15, 0.2) is 5.13 Å². The number of carbonyl (C=O) groups is 1. The summed E-state index contributed by atoms with van der Waals surface area (Å²) in [4.78, 5) is 29.3. The summed E-state index contributed by atoms with van der Waals surface area (Å²) in [5, 5.41) is 10.7. The van der Waals surface area contributed by atoms with Gasteiger partial charge in [-0.25, -0.2) is 9.67 Å². The fraction of sp³-hybridized carbons (Fsp3) is 0.143. The van der Waals surface area contributed by atoms with Crippen LogP contribution >= 0.6 is 11.3 Å². The lowest BCUT2D eigenvalue weighted by molar-refractivity contribution is -0.115. The number of nitrogens with zero attached hydrogens (tertiary/aromatic N) is 3. The van der Waals surface area contributed by atoms with E-state index in [4.69, 9.17) is 4.74 Å². The summed E-state index contributed by atoms with van der Waals surface area (Å²) in [5.41, 5.74) is 1.94. The number of hydrogen-bond donors (Lipinski definition) is 1. The number of methoxy groups -OCH3 is 1. The molecule has 2 heterocycles. The van der Waals surface area contributed by atoms with Crippen LogP contribution in [0, 0.1) is 0 Å². The Morgan fingerprint density at radius 1 is 1.14 bits per heavy atom. The van der Waals surface area contributed by atoms with E-state index in [-0.39, 0.29) is 17.9 Å². The van der Waals surface area contributed by atoms with Crippen LogP contribution in [0.4, 0.5) is 5.13 Å². The zero-order valence-electron chi connectivity index (χ0n) is 15.9. The molecule has 0 aliphatic carbocycles. The summed E-state index contributed by atoms with van der Waals surface area (Å²) in [6.07, 6.45) is 0.0399. The van der Waals surface area contributed by atoms with E-state index in [1.807, 2.05) is 35.7 Å². The molecule has 0 fully saturated rings. The van der Waals surface area contributed by atoms with Crippen molar-refractivity contribution < 1.29 is 9.53 Å². The third-order valence-electron chi connectivity index (χ3n) is 4.49. The zero-order valence-corrected chi connectivity index (χ0v) is 16.7. The molecular weight excluding hydrogens is 388 g/mol. The lowest BCUT2D eigenvalue weighted by atomic mass is 10.1. The minimum absolute atomic E-state index is 0.0399. The van der Waals surface area contributed by atoms with Crippen molar-refractivity contribution in [1.29, 1.82) is 0 Å². The second-order valence-electron chi connectivity index (χ2n) is 6.38. The number of nitrogens with one attached hydrogen (secondary N) is 1. The Hall–Kier alpha value is -3.52. The average molecular weight is 406 g/mol. The molecule has 0 atom stereocenters. The minimum atomic E-state index is -0.248. The van der Waals surface area contributed by atoms with Gasteiger partial charge < -0.3 is 10.1 Å². The van der Waals surface area contributed by atoms with Gasteiger partial charge in [0.2, 0.25) is 5.91 Å². The molecule has 2 aromatic carbocycles. The van der Waals surface area contributed by atoms with E-state index in [9.17, 15) is 9.59 Å². The third kappa shape index (κ3) is 3.74. The molecule has 0 saturated carbocycles. The number of para-hydroxylation sites is 1. The van der Waals surface area contributed by atoms with Crippen LogP contribution in [0.25, 0.3) is 22.0 Å². The highest BCUT2D eigenvalue weighted by atomic mass is 32.1. The van der Waals surface area contributed by atoms with Crippen LogP contribution in [0.15, 0.2) is 58.7 Å². The van der Waals surface area contributed by atoms with Gasteiger partial charge in [-0.1, -0.05) is 30.3 Å². The van der Waals surface area contributed by atoms with Gasteiger partial charge >= 0.3 is 0 Å². The summed E-state index contributed by atoms with van der Waals surface area (Å²) >= 11 is 1.34. The number of fused-ring (bicyclic) bond motifs is 1. The lowest BCUT2D eigenvalue weighted by Gasteiger charge is -2.08. The predicted octanol–water partition coefficient (Wildman–Crippen LogP) is 3.25. The Labute approximate surface area is 170 Å². The van der Waals surface area contributed by atoms with Crippen molar-refractivity contribution in [1.82, 2.24) is 14.8 Å². The van der Waals surface area contributed by atoms with E-state index >= 15 is 0 Å². The molecule has 0 aliphatic rings. The summed E-state index contributed by atoms with van der Waals surface area (Å²) in [5.74, 6) is 0.471. The highest BCUT2D eigenvalue weighted by Gasteiger charge is 2.15. The first-order valence-corrected chi connectivity index (χ1v) is 9.78. The zero-order chi connectivity index (χ0) is 20.4. The maximum atomic E-state index is 12.6. The number of ether oxygens (including phenoxy) is 1. The smallest absolute Gasteiger partial charge is 0.274 e. The standard InChI is InChI=1S/C21H18N4O3S/c1-25-20(27)14-8-4-3-7-13(14)16(24-25)11-19(26)23-21-22-17(12-29-21)15-9-5-6-10-18(15)28-2/h3-10,12H,11H2,1-2H3,(H,22,23,26). The largest absolute Gasteiger partial charge is 0.496 e. The number of aromatic nitrogens is 3. The maximum absolute atomic E-state index is 12.6. The Morgan fingerprint density at radius 3 is 2.66 bits per heavy atom. The number of rotatable bonds is 5. The third-order valence-corrected chi connectivity index (χ3v) is 5.25. The fourth-order valence-electron chi connectivity index (χ4n) is 3.13. The van der Waals surface area contributed by atoms with E-state index in [0.717, 1.165) is 17.0 Å². The first-order chi connectivity index (χ1) is 14.1. The van der Waals surface area contributed by atoms with Crippen molar-refractivity contribution in [2.45, 2.75) is 6.42 Å². The number of benzene rings is 2. The van der Waals surface area contributed by atoms with Crippen LogP contribution in [0.1, 0.15) is 5.69 Å². The first-order valence-electron chi connectivity index (χ1n) is 8.90. The van der Waals surface area contributed by atoms with Crippen molar-refractivity contribution in [3.8, 4) is 17.0 Å². The molecule has 2 aromatic heterocycles. The number of aryl methyl sites for hydroxylation is 1. The number of carbonyl (C=O) groups excluding carboxylic acids is 1. The van der Waals surface area contributed by atoms with Crippen molar-refractivity contribution >= 4 is 33.1 Å². The Morgan fingerprint density at radius 2 is 1.86 bits per heavy atom. The van der Waals surface area contributed by atoms with Gasteiger partial charge in [0.25, 0.3) is 5.56 Å². The molecule has 0 saturated heterocycles. The number of anilines is 1. The second-order valence-corrected chi connectivity index (χ2v) is 7.24. The molecule has 0 spiro atoms. The van der Waals surface area contributed by atoms with Gasteiger partial charge in [0, 0.05) is 23.4 Å². The lowest BCUT2D eigenvalue weighted by Crippen LogP contribution is -2.24. The Kier molecular flexibility index (Phi) is 5.09. The average Bonchev–Trinajstić information content (AvgIpc) is 3.20. The monoisotopic (exact) mass is 406 g/mol. The van der Waals surface area contributed by atoms with E-state index in [0.29, 0.717) is 21.6 Å². The molecule has 0 aliphatic heterocycles. The summed E-state index contributed by atoms with van der Waals surface area (Å²) in [6, 6.07) is 14.7. The minimum Gasteiger partial charge on any atom is -0.496 e. The van der Waals surface area contributed by atoms with Crippen molar-refractivity contribution in [2.75, 3.05) is 12.4 Å². The molecule has 29 heavy (non-hydrogen) atoms. The second kappa shape index (κ2) is 7.84.